The molecule has 0 aliphatic rings. The van der Waals surface area contributed by atoms with Crippen LogP contribution in [0.2, 0.25) is 0 Å². The number of fused-ring (bicyclic) bond motifs is 1. The van der Waals surface area contributed by atoms with Gasteiger partial charge in [-0.25, -0.2) is 19.0 Å². The van der Waals surface area contributed by atoms with Crippen molar-refractivity contribution >= 4 is 28.8 Å². The molecule has 2 heterocycles. The number of aromatic nitrogens is 4. The minimum atomic E-state index is -0.279. The summed E-state index contributed by atoms with van der Waals surface area (Å²) in [5, 5.41) is 11.2. The summed E-state index contributed by atoms with van der Waals surface area (Å²) in [6.07, 6.45) is 6.22. The molecule has 0 aliphatic carbocycles. The highest BCUT2D eigenvalue weighted by Gasteiger charge is 2.13. The first-order chi connectivity index (χ1) is 18.0. The van der Waals surface area contributed by atoms with Gasteiger partial charge in [0.1, 0.15) is 18.0 Å². The number of amides is 1. The largest absolute Gasteiger partial charge is 0.493 e. The van der Waals surface area contributed by atoms with E-state index in [4.69, 9.17) is 14.2 Å². The number of hydrogen-bond donors (Lipinski definition) is 2. The number of halogens is 1. The summed E-state index contributed by atoms with van der Waals surface area (Å²) in [7, 11) is 4.60. The minimum absolute atomic E-state index is 0.263. The van der Waals surface area contributed by atoms with Gasteiger partial charge in [-0.15, -0.1) is 0 Å². The number of anilines is 1. The van der Waals surface area contributed by atoms with E-state index < -0.39 is 0 Å². The van der Waals surface area contributed by atoms with Gasteiger partial charge in [0.2, 0.25) is 11.7 Å². The molecule has 11 heteroatoms. The maximum absolute atomic E-state index is 13.1. The van der Waals surface area contributed by atoms with Crippen molar-refractivity contribution in [3.63, 3.8) is 0 Å². The number of rotatable bonds is 11. The SMILES string of the molecule is COc1cc(/C=C/C(=O)NCCn2ncc3c(NCc4ccc(F)cc4)ncnc32)cc(OC)c1OC. The van der Waals surface area contributed by atoms with Crippen LogP contribution in [-0.4, -0.2) is 53.5 Å². The fraction of sp³-hybridized carbons (Fsp3) is 0.231. The Morgan fingerprint density at radius 1 is 1.05 bits per heavy atom. The van der Waals surface area contributed by atoms with Crippen molar-refractivity contribution < 1.29 is 23.4 Å². The summed E-state index contributed by atoms with van der Waals surface area (Å²) in [4.78, 5) is 21.0. The van der Waals surface area contributed by atoms with Crippen LogP contribution in [0.25, 0.3) is 17.1 Å². The van der Waals surface area contributed by atoms with E-state index in [9.17, 15) is 9.18 Å². The van der Waals surface area contributed by atoms with Crippen molar-refractivity contribution in [1.29, 1.82) is 0 Å². The van der Waals surface area contributed by atoms with Gasteiger partial charge < -0.3 is 24.8 Å². The summed E-state index contributed by atoms with van der Waals surface area (Å²) in [5.74, 6) is 1.57. The first-order valence-corrected chi connectivity index (χ1v) is 11.4. The van der Waals surface area contributed by atoms with Gasteiger partial charge >= 0.3 is 0 Å². The summed E-state index contributed by atoms with van der Waals surface area (Å²) in [6.45, 7) is 1.24. The molecule has 0 fully saturated rings. The van der Waals surface area contributed by atoms with E-state index in [1.54, 1.807) is 41.2 Å². The zero-order valence-corrected chi connectivity index (χ0v) is 20.7. The smallest absolute Gasteiger partial charge is 0.244 e. The topological polar surface area (TPSA) is 112 Å². The first kappa shape index (κ1) is 25.4. The van der Waals surface area contributed by atoms with Crippen LogP contribution < -0.4 is 24.8 Å². The summed E-state index contributed by atoms with van der Waals surface area (Å²) < 4.78 is 30.8. The molecule has 10 nitrogen and oxygen atoms in total. The van der Waals surface area contributed by atoms with Crippen LogP contribution >= 0.6 is 0 Å². The number of carbonyl (C=O) groups excluding carboxylic acids is 1. The standard InChI is InChI=1S/C26H27FN6O4/c1-35-21-12-18(13-22(36-2)24(21)37-3)6-9-23(34)28-10-11-33-26-20(15-32-33)25(30-16-31-26)29-14-17-4-7-19(27)8-5-17/h4-9,12-13,15-16H,10-11,14H2,1-3H3,(H,28,34)(H,29,30,31)/b9-6+. The van der Waals surface area contributed by atoms with Crippen molar-refractivity contribution in [2.45, 2.75) is 13.1 Å². The molecule has 0 aliphatic heterocycles. The molecule has 1 amide bonds. The highest BCUT2D eigenvalue weighted by Crippen LogP contribution is 2.38. The number of hydrogen-bond acceptors (Lipinski definition) is 8. The Morgan fingerprint density at radius 2 is 1.78 bits per heavy atom. The summed E-state index contributed by atoms with van der Waals surface area (Å²) in [6, 6.07) is 9.76. The molecule has 2 aromatic heterocycles. The molecule has 0 saturated carbocycles. The molecule has 4 rings (SSSR count). The van der Waals surface area contributed by atoms with Gasteiger partial charge in [0.05, 0.1) is 39.5 Å². The molecular formula is C26H27FN6O4. The fourth-order valence-corrected chi connectivity index (χ4v) is 3.70. The van der Waals surface area contributed by atoms with Crippen molar-refractivity contribution in [2.24, 2.45) is 0 Å². The van der Waals surface area contributed by atoms with Crippen LogP contribution in [0.4, 0.5) is 10.2 Å². The molecule has 37 heavy (non-hydrogen) atoms. The highest BCUT2D eigenvalue weighted by molar-refractivity contribution is 5.92. The Bertz CT molecular complexity index is 1380. The molecule has 0 radical (unpaired) electrons. The third-order valence-corrected chi connectivity index (χ3v) is 5.54. The van der Waals surface area contributed by atoms with Gasteiger partial charge in [-0.1, -0.05) is 12.1 Å². The maximum Gasteiger partial charge on any atom is 0.244 e. The van der Waals surface area contributed by atoms with E-state index in [2.05, 4.69) is 25.7 Å². The first-order valence-electron chi connectivity index (χ1n) is 11.4. The highest BCUT2D eigenvalue weighted by atomic mass is 19.1. The van der Waals surface area contributed by atoms with Crippen LogP contribution in [0.3, 0.4) is 0 Å². The average Bonchev–Trinajstić information content (AvgIpc) is 3.34. The Kier molecular flexibility index (Phi) is 8.14. The number of methoxy groups -OCH3 is 3. The monoisotopic (exact) mass is 506 g/mol. The second kappa shape index (κ2) is 11.8. The Labute approximate surface area is 213 Å². The molecule has 0 unspecified atom stereocenters. The van der Waals surface area contributed by atoms with Gasteiger partial charge in [-0.05, 0) is 41.5 Å². The Balaban J connectivity index is 1.35. The molecule has 0 bridgehead atoms. The minimum Gasteiger partial charge on any atom is -0.493 e. The number of nitrogens with zero attached hydrogens (tertiary/aromatic N) is 4. The van der Waals surface area contributed by atoms with Gasteiger partial charge in [-0.2, -0.15) is 5.10 Å². The van der Waals surface area contributed by atoms with E-state index in [1.165, 1.54) is 45.9 Å². The second-order valence-corrected chi connectivity index (χ2v) is 7.89. The third kappa shape index (κ3) is 6.13. The Morgan fingerprint density at radius 3 is 2.46 bits per heavy atom. The lowest BCUT2D eigenvalue weighted by atomic mass is 10.1. The molecule has 0 spiro atoms. The molecule has 0 atom stereocenters. The van der Waals surface area contributed by atoms with E-state index in [-0.39, 0.29) is 11.7 Å². The predicted molar refractivity (Wildman–Crippen MR) is 137 cm³/mol. The number of nitrogens with one attached hydrogen (secondary N) is 2. The maximum atomic E-state index is 13.1. The van der Waals surface area contributed by atoms with Crippen molar-refractivity contribution in [3.05, 3.63) is 71.9 Å². The van der Waals surface area contributed by atoms with E-state index in [0.717, 1.165) is 16.5 Å². The summed E-state index contributed by atoms with van der Waals surface area (Å²) in [5.41, 5.74) is 2.28. The molecule has 4 aromatic rings. The van der Waals surface area contributed by atoms with Crippen LogP contribution in [0.1, 0.15) is 11.1 Å². The molecule has 2 N–H and O–H groups in total. The zero-order chi connectivity index (χ0) is 26.2. The van der Waals surface area contributed by atoms with E-state index in [1.807, 2.05) is 0 Å². The van der Waals surface area contributed by atoms with Crippen molar-refractivity contribution in [2.75, 3.05) is 33.2 Å². The summed E-state index contributed by atoms with van der Waals surface area (Å²) >= 11 is 0. The lowest BCUT2D eigenvalue weighted by Crippen LogP contribution is -2.25. The molecule has 2 aromatic carbocycles. The molecule has 0 saturated heterocycles. The van der Waals surface area contributed by atoms with Gasteiger partial charge in [0.25, 0.3) is 0 Å². The van der Waals surface area contributed by atoms with Crippen LogP contribution in [0.5, 0.6) is 17.2 Å². The predicted octanol–water partition coefficient (Wildman–Crippen LogP) is 3.43. The Hall–Kier alpha value is -4.67. The average molecular weight is 507 g/mol. The van der Waals surface area contributed by atoms with Crippen LogP contribution in [0, 0.1) is 5.82 Å². The second-order valence-electron chi connectivity index (χ2n) is 7.89. The zero-order valence-electron chi connectivity index (χ0n) is 20.7. The van der Waals surface area contributed by atoms with Gasteiger partial charge in [0.15, 0.2) is 17.1 Å². The quantitative estimate of drug-likeness (QED) is 0.298. The van der Waals surface area contributed by atoms with Gasteiger partial charge in [-0.3, -0.25) is 4.79 Å². The normalized spacial score (nSPS) is 11.0. The van der Waals surface area contributed by atoms with Crippen LogP contribution in [0.15, 0.2) is 55.0 Å². The lowest BCUT2D eigenvalue weighted by molar-refractivity contribution is -0.116. The van der Waals surface area contributed by atoms with E-state index >= 15 is 0 Å². The van der Waals surface area contributed by atoms with Crippen LogP contribution in [-0.2, 0) is 17.9 Å². The van der Waals surface area contributed by atoms with Crippen molar-refractivity contribution in [1.82, 2.24) is 25.1 Å². The molecule has 192 valence electrons. The number of carbonyl (C=O) groups is 1. The number of ether oxygens (including phenoxy) is 3. The third-order valence-electron chi connectivity index (χ3n) is 5.54. The molecular weight excluding hydrogens is 479 g/mol. The fourth-order valence-electron chi connectivity index (χ4n) is 3.70. The van der Waals surface area contributed by atoms with Crippen molar-refractivity contribution in [3.8, 4) is 17.2 Å². The van der Waals surface area contributed by atoms with Gasteiger partial charge in [0, 0.05) is 19.2 Å². The lowest BCUT2D eigenvalue weighted by Gasteiger charge is -2.12. The van der Waals surface area contributed by atoms with E-state index in [0.29, 0.717) is 48.3 Å². The number of benzene rings is 2.